The number of carbonyl (C=O) groups excluding carboxylic acids is 1. The first kappa shape index (κ1) is 16.5. The van der Waals surface area contributed by atoms with Gasteiger partial charge >= 0.3 is 6.03 Å². The Morgan fingerprint density at radius 1 is 1.32 bits per heavy atom. The van der Waals surface area contributed by atoms with Gasteiger partial charge < -0.3 is 10.2 Å². The predicted molar refractivity (Wildman–Crippen MR) is 86.3 cm³/mol. The van der Waals surface area contributed by atoms with Crippen LogP contribution >= 0.6 is 0 Å². The van der Waals surface area contributed by atoms with E-state index >= 15 is 0 Å². The van der Waals surface area contributed by atoms with Gasteiger partial charge in [-0.3, -0.25) is 5.43 Å². The molecule has 122 valence electrons. The molecule has 1 aromatic rings. The summed E-state index contributed by atoms with van der Waals surface area (Å²) >= 11 is 0. The number of rotatable bonds is 7. The van der Waals surface area contributed by atoms with E-state index in [0.29, 0.717) is 18.5 Å². The third-order valence-corrected chi connectivity index (χ3v) is 3.95. The van der Waals surface area contributed by atoms with E-state index in [1.807, 2.05) is 0 Å². The van der Waals surface area contributed by atoms with E-state index < -0.39 is 0 Å². The molecular formula is C15H26N6O. The average Bonchev–Trinajstić information content (AvgIpc) is 2.55. The van der Waals surface area contributed by atoms with Crippen molar-refractivity contribution in [2.75, 3.05) is 25.1 Å². The van der Waals surface area contributed by atoms with Crippen molar-refractivity contribution >= 4 is 12.0 Å². The second-order valence-electron chi connectivity index (χ2n) is 5.67. The topological polar surface area (TPSA) is 82.2 Å². The van der Waals surface area contributed by atoms with E-state index in [2.05, 4.69) is 38.0 Å². The van der Waals surface area contributed by atoms with Gasteiger partial charge in [-0.25, -0.2) is 20.2 Å². The summed E-state index contributed by atoms with van der Waals surface area (Å²) in [6, 6.07) is 2.16. The van der Waals surface area contributed by atoms with Crippen LogP contribution < -0.4 is 16.2 Å². The number of anilines is 1. The zero-order valence-electron chi connectivity index (χ0n) is 13.2. The molecule has 1 aliphatic rings. The van der Waals surface area contributed by atoms with Gasteiger partial charge in [0, 0.05) is 25.0 Å². The van der Waals surface area contributed by atoms with E-state index in [4.69, 9.17) is 0 Å². The number of amides is 2. The Labute approximate surface area is 131 Å². The molecule has 1 fully saturated rings. The van der Waals surface area contributed by atoms with Gasteiger partial charge in [-0.05, 0) is 51.8 Å². The zero-order valence-corrected chi connectivity index (χ0v) is 13.2. The number of piperidine rings is 1. The minimum Gasteiger partial charge on any atom is -0.337 e. The first-order chi connectivity index (χ1) is 10.8. The molecule has 2 amide bonds. The molecule has 0 saturated carbocycles. The molecule has 1 aliphatic heterocycles. The van der Waals surface area contributed by atoms with E-state index in [9.17, 15) is 4.79 Å². The van der Waals surface area contributed by atoms with Gasteiger partial charge in [0.1, 0.15) is 0 Å². The lowest BCUT2D eigenvalue weighted by Crippen LogP contribution is -2.40. The van der Waals surface area contributed by atoms with Gasteiger partial charge in [-0.15, -0.1) is 0 Å². The second-order valence-corrected chi connectivity index (χ2v) is 5.67. The van der Waals surface area contributed by atoms with Crippen molar-refractivity contribution in [1.29, 1.82) is 0 Å². The first-order valence-electron chi connectivity index (χ1n) is 8.06. The molecule has 0 radical (unpaired) electrons. The van der Waals surface area contributed by atoms with Crippen molar-refractivity contribution in [3.8, 4) is 0 Å². The molecule has 0 spiro atoms. The Bertz CT molecular complexity index is 441. The van der Waals surface area contributed by atoms with Crippen molar-refractivity contribution in [3.63, 3.8) is 0 Å². The summed E-state index contributed by atoms with van der Waals surface area (Å²) in [7, 11) is 0. The second kappa shape index (κ2) is 9.19. The van der Waals surface area contributed by atoms with Crippen molar-refractivity contribution in [2.45, 2.75) is 45.1 Å². The number of hydrazine groups is 1. The third-order valence-electron chi connectivity index (χ3n) is 3.95. The Morgan fingerprint density at radius 2 is 2.14 bits per heavy atom. The minimum absolute atomic E-state index is 0.265. The SMILES string of the molecule is CC1CCCCN1CCCCNC(=O)NNc1ncccn1. The smallest absolute Gasteiger partial charge is 0.333 e. The number of likely N-dealkylation sites (tertiary alicyclic amines) is 1. The van der Waals surface area contributed by atoms with Crippen LogP contribution in [-0.4, -0.2) is 46.6 Å². The van der Waals surface area contributed by atoms with E-state index in [-0.39, 0.29) is 6.03 Å². The van der Waals surface area contributed by atoms with Gasteiger partial charge in [-0.1, -0.05) is 6.42 Å². The Balaban J connectivity index is 1.50. The highest BCUT2D eigenvalue weighted by molar-refractivity contribution is 5.74. The number of carbonyl (C=O) groups is 1. The van der Waals surface area contributed by atoms with Gasteiger partial charge in [-0.2, -0.15) is 0 Å². The molecule has 0 aliphatic carbocycles. The molecular weight excluding hydrogens is 280 g/mol. The highest BCUT2D eigenvalue weighted by Gasteiger charge is 2.16. The third kappa shape index (κ3) is 5.85. The summed E-state index contributed by atoms with van der Waals surface area (Å²) in [5.74, 6) is 0.372. The molecule has 7 heteroatoms. The lowest BCUT2D eigenvalue weighted by atomic mass is 10.0. The number of aromatic nitrogens is 2. The summed E-state index contributed by atoms with van der Waals surface area (Å²) in [5.41, 5.74) is 5.16. The first-order valence-corrected chi connectivity index (χ1v) is 8.06. The van der Waals surface area contributed by atoms with Crippen molar-refractivity contribution < 1.29 is 4.79 Å². The predicted octanol–water partition coefficient (Wildman–Crippen LogP) is 1.76. The lowest BCUT2D eigenvalue weighted by molar-refractivity contribution is 0.158. The van der Waals surface area contributed by atoms with Gasteiger partial charge in [0.25, 0.3) is 0 Å². The van der Waals surface area contributed by atoms with Gasteiger partial charge in [0.15, 0.2) is 0 Å². The maximum atomic E-state index is 11.6. The fraction of sp³-hybridized carbons (Fsp3) is 0.667. The Kier molecular flexibility index (Phi) is 6.89. The molecule has 7 nitrogen and oxygen atoms in total. The Morgan fingerprint density at radius 3 is 2.91 bits per heavy atom. The average molecular weight is 306 g/mol. The van der Waals surface area contributed by atoms with Crippen LogP contribution in [0.25, 0.3) is 0 Å². The molecule has 1 atom stereocenters. The van der Waals surface area contributed by atoms with Gasteiger partial charge in [0.2, 0.25) is 5.95 Å². The number of urea groups is 1. The largest absolute Gasteiger partial charge is 0.337 e. The van der Waals surface area contributed by atoms with Crippen LogP contribution in [0, 0.1) is 0 Å². The van der Waals surface area contributed by atoms with Crippen LogP contribution in [0.3, 0.4) is 0 Å². The molecule has 1 saturated heterocycles. The number of nitrogens with one attached hydrogen (secondary N) is 3. The fourth-order valence-corrected chi connectivity index (χ4v) is 2.65. The summed E-state index contributed by atoms with van der Waals surface area (Å²) in [6.45, 7) is 5.32. The monoisotopic (exact) mass is 306 g/mol. The Hall–Kier alpha value is -1.89. The quantitative estimate of drug-likeness (QED) is 0.528. The summed E-state index contributed by atoms with van der Waals surface area (Å²) in [5, 5.41) is 2.82. The molecule has 2 heterocycles. The normalized spacial score (nSPS) is 18.7. The van der Waals surface area contributed by atoms with E-state index in [0.717, 1.165) is 19.4 Å². The highest BCUT2D eigenvalue weighted by Crippen LogP contribution is 2.16. The maximum absolute atomic E-state index is 11.6. The fourth-order valence-electron chi connectivity index (χ4n) is 2.65. The molecule has 22 heavy (non-hydrogen) atoms. The maximum Gasteiger partial charge on any atom is 0.333 e. The minimum atomic E-state index is -0.265. The van der Waals surface area contributed by atoms with Crippen LogP contribution in [0.2, 0.25) is 0 Å². The van der Waals surface area contributed by atoms with Crippen molar-refractivity contribution in [3.05, 3.63) is 18.5 Å². The van der Waals surface area contributed by atoms with Crippen LogP contribution in [0.4, 0.5) is 10.7 Å². The number of nitrogens with zero attached hydrogens (tertiary/aromatic N) is 3. The van der Waals surface area contributed by atoms with E-state index in [1.165, 1.54) is 25.8 Å². The molecule has 1 unspecified atom stereocenters. The number of hydrogen-bond acceptors (Lipinski definition) is 5. The van der Waals surface area contributed by atoms with Crippen molar-refractivity contribution in [2.24, 2.45) is 0 Å². The number of hydrogen-bond donors (Lipinski definition) is 3. The number of unbranched alkanes of at least 4 members (excludes halogenated alkanes) is 1. The standard InChI is InChI=1S/C15H26N6O/c1-13-7-2-4-11-21(13)12-5-3-8-18-15(22)20-19-14-16-9-6-10-17-14/h6,9-10,13H,2-5,7-8,11-12H2,1H3,(H,16,17,19)(H2,18,20,22). The summed E-state index contributed by atoms with van der Waals surface area (Å²) in [6.07, 6.45) is 9.30. The highest BCUT2D eigenvalue weighted by atomic mass is 16.2. The van der Waals surface area contributed by atoms with Crippen LogP contribution in [0.5, 0.6) is 0 Å². The van der Waals surface area contributed by atoms with Crippen molar-refractivity contribution in [1.82, 2.24) is 25.6 Å². The summed E-state index contributed by atoms with van der Waals surface area (Å²) < 4.78 is 0. The van der Waals surface area contributed by atoms with Crippen LogP contribution in [0.1, 0.15) is 39.0 Å². The lowest BCUT2D eigenvalue weighted by Gasteiger charge is -2.33. The molecule has 1 aromatic heterocycles. The summed E-state index contributed by atoms with van der Waals surface area (Å²) in [4.78, 5) is 22.0. The molecule has 0 bridgehead atoms. The molecule has 3 N–H and O–H groups in total. The zero-order chi connectivity index (χ0) is 15.6. The molecule has 2 rings (SSSR count). The molecule has 0 aromatic carbocycles. The van der Waals surface area contributed by atoms with Crippen LogP contribution in [-0.2, 0) is 0 Å². The van der Waals surface area contributed by atoms with Crippen LogP contribution in [0.15, 0.2) is 18.5 Å². The van der Waals surface area contributed by atoms with E-state index in [1.54, 1.807) is 18.5 Å². The van der Waals surface area contributed by atoms with Gasteiger partial charge in [0.05, 0.1) is 0 Å².